The summed E-state index contributed by atoms with van der Waals surface area (Å²) in [7, 11) is 0. The molecule has 3 aromatic carbocycles. The average Bonchev–Trinajstić information content (AvgIpc) is 2.87. The molecule has 11 heteroatoms. The number of aromatic nitrogens is 2. The molecule has 0 aliphatic carbocycles. The van der Waals surface area contributed by atoms with Crippen LogP contribution in [0, 0.1) is 10.1 Å². The number of non-ortho nitro benzene ring substituents is 1. The summed E-state index contributed by atoms with van der Waals surface area (Å²) in [5.74, 6) is 1.24. The number of benzene rings is 3. The van der Waals surface area contributed by atoms with Crippen LogP contribution in [0.25, 0.3) is 10.9 Å². The summed E-state index contributed by atoms with van der Waals surface area (Å²) in [6, 6.07) is 14.8. The van der Waals surface area contributed by atoms with Crippen LogP contribution >= 0.6 is 27.5 Å². The van der Waals surface area contributed by atoms with Crippen LogP contribution < -0.4 is 15.0 Å². The van der Waals surface area contributed by atoms with Crippen molar-refractivity contribution in [3.05, 3.63) is 102 Å². The third-order valence-corrected chi connectivity index (χ3v) is 6.44. The maximum atomic E-state index is 13.4. The van der Waals surface area contributed by atoms with E-state index in [-0.39, 0.29) is 22.9 Å². The van der Waals surface area contributed by atoms with Gasteiger partial charge >= 0.3 is 0 Å². The fraction of sp³-hybridized carbons (Fsp3) is 0.250. The Kier molecular flexibility index (Phi) is 8.36. The smallest absolute Gasteiger partial charge is 0.282 e. The van der Waals surface area contributed by atoms with Crippen molar-refractivity contribution < 1.29 is 14.4 Å². The zero-order valence-corrected chi connectivity index (χ0v) is 24.1. The quantitative estimate of drug-likeness (QED) is 0.122. The van der Waals surface area contributed by atoms with Crippen molar-refractivity contribution in [3.8, 4) is 11.5 Å². The van der Waals surface area contributed by atoms with E-state index in [1.165, 1.54) is 23.0 Å². The van der Waals surface area contributed by atoms with Crippen molar-refractivity contribution in [1.29, 1.82) is 0 Å². The Labute approximate surface area is 238 Å². The molecule has 0 amide bonds. The molecular weight excluding hydrogens is 588 g/mol. The Hall–Kier alpha value is -3.76. The van der Waals surface area contributed by atoms with E-state index in [9.17, 15) is 14.9 Å². The third kappa shape index (κ3) is 6.46. The molecule has 9 nitrogen and oxygen atoms in total. The second-order valence-corrected chi connectivity index (χ2v) is 11.0. The molecule has 0 saturated carbocycles. The van der Waals surface area contributed by atoms with Gasteiger partial charge in [-0.25, -0.2) is 4.98 Å². The van der Waals surface area contributed by atoms with Crippen LogP contribution in [0.15, 0.2) is 69.0 Å². The summed E-state index contributed by atoms with van der Waals surface area (Å²) in [5.41, 5.74) is 1.17. The van der Waals surface area contributed by atoms with Crippen molar-refractivity contribution in [1.82, 2.24) is 9.66 Å². The second-order valence-electron chi connectivity index (χ2n) is 9.68. The van der Waals surface area contributed by atoms with Gasteiger partial charge in [0.25, 0.3) is 11.2 Å². The third-order valence-electron chi connectivity index (χ3n) is 5.66. The van der Waals surface area contributed by atoms with Crippen LogP contribution in [0.4, 0.5) is 5.69 Å². The van der Waals surface area contributed by atoms with E-state index in [4.69, 9.17) is 26.1 Å². The standard InChI is InChI=1S/C28H26BrClN4O5/c1-5-38-24-13-18(12-22(30)25(24)39-16-17-6-9-20(10-7-17)34(36)37)15-31-33-26(35)21-14-19(29)8-11-23(21)32-27(33)28(2,3)4/h6-15H,5,16H2,1-4H3. The lowest BCUT2D eigenvalue weighted by Gasteiger charge is -2.21. The molecule has 0 radical (unpaired) electrons. The van der Waals surface area contributed by atoms with Crippen LogP contribution in [-0.2, 0) is 12.0 Å². The molecule has 0 atom stereocenters. The van der Waals surface area contributed by atoms with Gasteiger partial charge in [0.05, 0.1) is 33.7 Å². The SMILES string of the molecule is CCOc1cc(C=Nn2c(C(C)(C)C)nc3ccc(Br)cc3c2=O)cc(Cl)c1OCc1ccc([N+](=O)[O-])cc1. The van der Waals surface area contributed by atoms with E-state index in [0.717, 1.165) is 10.0 Å². The summed E-state index contributed by atoms with van der Waals surface area (Å²) < 4.78 is 13.8. The molecule has 1 aromatic heterocycles. The Morgan fingerprint density at radius 3 is 2.49 bits per heavy atom. The Morgan fingerprint density at radius 1 is 1.13 bits per heavy atom. The zero-order valence-electron chi connectivity index (χ0n) is 21.8. The number of hydrogen-bond acceptors (Lipinski definition) is 7. The molecule has 0 fully saturated rings. The van der Waals surface area contributed by atoms with E-state index in [2.05, 4.69) is 21.0 Å². The minimum Gasteiger partial charge on any atom is -0.490 e. The van der Waals surface area contributed by atoms with Crippen LogP contribution in [0.3, 0.4) is 0 Å². The molecule has 0 aliphatic heterocycles. The maximum Gasteiger partial charge on any atom is 0.282 e. The van der Waals surface area contributed by atoms with Crippen LogP contribution in [-0.4, -0.2) is 27.4 Å². The summed E-state index contributed by atoms with van der Waals surface area (Å²) in [4.78, 5) is 28.6. The van der Waals surface area contributed by atoms with Crippen molar-refractivity contribution in [3.63, 3.8) is 0 Å². The van der Waals surface area contributed by atoms with Crippen LogP contribution in [0.2, 0.25) is 5.02 Å². The van der Waals surface area contributed by atoms with Gasteiger partial charge in [-0.15, -0.1) is 0 Å². The lowest BCUT2D eigenvalue weighted by atomic mass is 9.95. The molecule has 0 spiro atoms. The number of nitro groups is 1. The predicted octanol–water partition coefficient (Wildman–Crippen LogP) is 6.88. The highest BCUT2D eigenvalue weighted by Crippen LogP contribution is 2.37. The number of nitro benzene ring substituents is 1. The largest absolute Gasteiger partial charge is 0.490 e. The van der Waals surface area contributed by atoms with Gasteiger partial charge in [-0.05, 0) is 60.5 Å². The molecule has 4 aromatic rings. The highest BCUT2D eigenvalue weighted by atomic mass is 79.9. The van der Waals surface area contributed by atoms with Crippen LogP contribution in [0.1, 0.15) is 44.6 Å². The lowest BCUT2D eigenvalue weighted by Crippen LogP contribution is -2.29. The number of hydrogen-bond donors (Lipinski definition) is 0. The van der Waals surface area contributed by atoms with Crippen molar-refractivity contribution >= 4 is 50.3 Å². The topological polar surface area (TPSA) is 109 Å². The summed E-state index contributed by atoms with van der Waals surface area (Å²) >= 11 is 9.99. The molecule has 0 N–H and O–H groups in total. The number of halogens is 2. The van der Waals surface area contributed by atoms with Gasteiger partial charge < -0.3 is 9.47 Å². The minimum absolute atomic E-state index is 0.00148. The first-order valence-electron chi connectivity index (χ1n) is 12.1. The lowest BCUT2D eigenvalue weighted by molar-refractivity contribution is -0.384. The molecule has 39 heavy (non-hydrogen) atoms. The van der Waals surface area contributed by atoms with E-state index < -0.39 is 10.3 Å². The molecule has 0 aliphatic rings. The van der Waals surface area contributed by atoms with Crippen molar-refractivity contribution in [2.75, 3.05) is 6.61 Å². The van der Waals surface area contributed by atoms with E-state index in [1.54, 1.807) is 36.4 Å². The fourth-order valence-corrected chi connectivity index (χ4v) is 4.44. The van der Waals surface area contributed by atoms with E-state index >= 15 is 0 Å². The number of nitrogens with zero attached hydrogens (tertiary/aromatic N) is 4. The average molecular weight is 614 g/mol. The molecule has 0 bridgehead atoms. The summed E-state index contributed by atoms with van der Waals surface area (Å²) in [6.45, 7) is 8.23. The first-order valence-corrected chi connectivity index (χ1v) is 13.2. The monoisotopic (exact) mass is 612 g/mol. The minimum atomic E-state index is -0.458. The first-order chi connectivity index (χ1) is 18.5. The first kappa shape index (κ1) is 28.3. The molecule has 202 valence electrons. The van der Waals surface area contributed by atoms with Gasteiger partial charge in [-0.3, -0.25) is 14.9 Å². The normalized spacial score (nSPS) is 11.7. The number of rotatable bonds is 8. The van der Waals surface area contributed by atoms with Gasteiger partial charge in [0.1, 0.15) is 12.4 Å². The zero-order chi connectivity index (χ0) is 28.3. The molecule has 0 unspecified atom stereocenters. The fourth-order valence-electron chi connectivity index (χ4n) is 3.80. The van der Waals surface area contributed by atoms with Crippen LogP contribution in [0.5, 0.6) is 11.5 Å². The highest BCUT2D eigenvalue weighted by molar-refractivity contribution is 9.10. The Balaban J connectivity index is 1.69. The number of fused-ring (bicyclic) bond motifs is 1. The summed E-state index contributed by atoms with van der Waals surface area (Å²) in [6.07, 6.45) is 1.52. The van der Waals surface area contributed by atoms with E-state index in [0.29, 0.717) is 40.4 Å². The van der Waals surface area contributed by atoms with Crippen molar-refractivity contribution in [2.24, 2.45) is 5.10 Å². The Bertz CT molecular complexity index is 1630. The summed E-state index contributed by atoms with van der Waals surface area (Å²) in [5, 5.41) is 16.1. The second kappa shape index (κ2) is 11.5. The number of ether oxygens (including phenoxy) is 2. The van der Waals surface area contributed by atoms with E-state index in [1.807, 2.05) is 33.8 Å². The molecular formula is C28H26BrClN4O5. The predicted molar refractivity (Wildman–Crippen MR) is 155 cm³/mol. The maximum absolute atomic E-state index is 13.4. The van der Waals surface area contributed by atoms with Gasteiger partial charge in [0.2, 0.25) is 0 Å². The molecule has 1 heterocycles. The van der Waals surface area contributed by atoms with Gasteiger partial charge in [-0.1, -0.05) is 48.3 Å². The van der Waals surface area contributed by atoms with Crippen molar-refractivity contribution in [2.45, 2.75) is 39.7 Å². The highest BCUT2D eigenvalue weighted by Gasteiger charge is 2.23. The van der Waals surface area contributed by atoms with Gasteiger partial charge in [-0.2, -0.15) is 9.78 Å². The molecule has 0 saturated heterocycles. The van der Waals surface area contributed by atoms with Gasteiger partial charge in [0.15, 0.2) is 11.5 Å². The van der Waals surface area contributed by atoms with Gasteiger partial charge in [0, 0.05) is 22.0 Å². The Morgan fingerprint density at radius 2 is 1.85 bits per heavy atom. The molecule has 4 rings (SSSR count).